The van der Waals surface area contributed by atoms with Crippen molar-refractivity contribution in [1.29, 1.82) is 0 Å². The lowest BCUT2D eigenvalue weighted by molar-refractivity contribution is 0.0690. The number of rotatable bonds is 5. The molecule has 2 rings (SSSR count). The van der Waals surface area contributed by atoms with E-state index in [4.69, 9.17) is 14.3 Å². The van der Waals surface area contributed by atoms with E-state index in [2.05, 4.69) is 15.3 Å². The first-order valence-corrected chi connectivity index (χ1v) is 5.23. The van der Waals surface area contributed by atoms with Crippen LogP contribution in [0.3, 0.4) is 0 Å². The molecule has 0 aliphatic carbocycles. The van der Waals surface area contributed by atoms with Gasteiger partial charge in [0.25, 0.3) is 6.01 Å². The molecule has 0 saturated carbocycles. The van der Waals surface area contributed by atoms with E-state index in [0.29, 0.717) is 18.2 Å². The molecule has 7 nitrogen and oxygen atoms in total. The summed E-state index contributed by atoms with van der Waals surface area (Å²) in [7, 11) is 0. The molecule has 0 fully saturated rings. The van der Waals surface area contributed by atoms with Crippen LogP contribution >= 0.6 is 0 Å². The average molecular weight is 249 g/mol. The standard InChI is InChI=1S/C11H11N3O4/c1-2-17-9-4-3-7(5-12-9)13-11-14-8(6-18-11)10(15)16/h3-6H,2H2,1H3,(H,13,14)(H,15,16). The van der Waals surface area contributed by atoms with Gasteiger partial charge in [0.15, 0.2) is 5.69 Å². The zero-order chi connectivity index (χ0) is 13.0. The van der Waals surface area contributed by atoms with Crippen molar-refractivity contribution in [3.05, 3.63) is 30.3 Å². The maximum Gasteiger partial charge on any atom is 0.357 e. The summed E-state index contributed by atoms with van der Waals surface area (Å²) in [5, 5.41) is 11.5. The minimum atomic E-state index is -1.14. The molecule has 0 bridgehead atoms. The normalized spacial score (nSPS) is 10.1. The third-order valence-electron chi connectivity index (χ3n) is 2.00. The van der Waals surface area contributed by atoms with Crippen molar-refractivity contribution in [2.45, 2.75) is 6.92 Å². The van der Waals surface area contributed by atoms with Crippen LogP contribution in [-0.2, 0) is 0 Å². The molecule has 94 valence electrons. The molecule has 0 spiro atoms. The van der Waals surface area contributed by atoms with Crippen LogP contribution in [0.1, 0.15) is 17.4 Å². The number of carboxylic acid groups (broad SMARTS) is 1. The maximum atomic E-state index is 10.6. The lowest BCUT2D eigenvalue weighted by Crippen LogP contribution is -1.98. The summed E-state index contributed by atoms with van der Waals surface area (Å²) in [5.41, 5.74) is 0.466. The lowest BCUT2D eigenvalue weighted by atomic mass is 10.4. The number of oxazole rings is 1. The second-order valence-electron chi connectivity index (χ2n) is 3.29. The number of carboxylic acids is 1. The van der Waals surface area contributed by atoms with Gasteiger partial charge in [-0.2, -0.15) is 4.98 Å². The molecule has 0 saturated heterocycles. The van der Waals surface area contributed by atoms with E-state index in [1.165, 1.54) is 6.20 Å². The third kappa shape index (κ3) is 2.76. The molecule has 0 amide bonds. The van der Waals surface area contributed by atoms with Crippen molar-refractivity contribution in [2.75, 3.05) is 11.9 Å². The number of hydrogen-bond acceptors (Lipinski definition) is 6. The van der Waals surface area contributed by atoms with Gasteiger partial charge in [0.05, 0.1) is 18.5 Å². The van der Waals surface area contributed by atoms with Gasteiger partial charge in [-0.1, -0.05) is 0 Å². The van der Waals surface area contributed by atoms with E-state index in [9.17, 15) is 4.79 Å². The molecule has 0 aliphatic rings. The molecular weight excluding hydrogens is 238 g/mol. The van der Waals surface area contributed by atoms with Gasteiger partial charge >= 0.3 is 5.97 Å². The monoisotopic (exact) mass is 249 g/mol. The molecule has 2 aromatic heterocycles. The Labute approximate surface area is 102 Å². The molecular formula is C11H11N3O4. The second-order valence-corrected chi connectivity index (χ2v) is 3.29. The number of hydrogen-bond donors (Lipinski definition) is 2. The van der Waals surface area contributed by atoms with Crippen LogP contribution in [0.15, 0.2) is 29.0 Å². The van der Waals surface area contributed by atoms with Crippen LogP contribution in [0.25, 0.3) is 0 Å². The van der Waals surface area contributed by atoms with Crippen LogP contribution in [0.5, 0.6) is 5.88 Å². The van der Waals surface area contributed by atoms with E-state index >= 15 is 0 Å². The Morgan fingerprint density at radius 1 is 1.56 bits per heavy atom. The summed E-state index contributed by atoms with van der Waals surface area (Å²) >= 11 is 0. The Morgan fingerprint density at radius 2 is 2.39 bits per heavy atom. The maximum absolute atomic E-state index is 10.6. The van der Waals surface area contributed by atoms with Gasteiger partial charge in [-0.25, -0.2) is 9.78 Å². The summed E-state index contributed by atoms with van der Waals surface area (Å²) in [6, 6.07) is 3.51. The topological polar surface area (TPSA) is 97.5 Å². The van der Waals surface area contributed by atoms with E-state index in [1.54, 1.807) is 12.1 Å². The van der Waals surface area contributed by atoms with Crippen molar-refractivity contribution in [2.24, 2.45) is 0 Å². The number of anilines is 2. The summed E-state index contributed by atoms with van der Waals surface area (Å²) < 4.78 is 10.1. The summed E-state index contributed by atoms with van der Waals surface area (Å²) in [5.74, 6) is -0.627. The first kappa shape index (κ1) is 11.9. The zero-order valence-electron chi connectivity index (χ0n) is 9.58. The first-order chi connectivity index (χ1) is 8.69. The highest BCUT2D eigenvalue weighted by atomic mass is 16.5. The second kappa shape index (κ2) is 5.17. The number of nitrogens with one attached hydrogen (secondary N) is 1. The van der Waals surface area contributed by atoms with Gasteiger partial charge in [0.2, 0.25) is 5.88 Å². The van der Waals surface area contributed by atoms with Crippen molar-refractivity contribution in [1.82, 2.24) is 9.97 Å². The quantitative estimate of drug-likeness (QED) is 0.835. The number of pyridine rings is 1. The summed E-state index contributed by atoms with van der Waals surface area (Å²) in [4.78, 5) is 18.4. The third-order valence-corrected chi connectivity index (χ3v) is 2.00. The Kier molecular flexibility index (Phi) is 3.42. The van der Waals surface area contributed by atoms with Gasteiger partial charge in [-0.05, 0) is 13.0 Å². The van der Waals surface area contributed by atoms with Crippen LogP contribution in [-0.4, -0.2) is 27.7 Å². The van der Waals surface area contributed by atoms with Gasteiger partial charge in [-0.3, -0.25) is 0 Å². The molecule has 0 radical (unpaired) electrons. The highest BCUT2D eigenvalue weighted by molar-refractivity contribution is 5.85. The van der Waals surface area contributed by atoms with Crippen LogP contribution in [0.4, 0.5) is 11.7 Å². The number of aromatic nitrogens is 2. The number of aromatic carboxylic acids is 1. The van der Waals surface area contributed by atoms with Crippen molar-refractivity contribution >= 4 is 17.7 Å². The van der Waals surface area contributed by atoms with Gasteiger partial charge in [0, 0.05) is 6.07 Å². The van der Waals surface area contributed by atoms with Crippen molar-refractivity contribution in [3.8, 4) is 5.88 Å². The van der Waals surface area contributed by atoms with Gasteiger partial charge < -0.3 is 19.6 Å². The number of nitrogens with zero attached hydrogens (tertiary/aromatic N) is 2. The molecule has 0 unspecified atom stereocenters. The summed E-state index contributed by atoms with van der Waals surface area (Å²) in [6.45, 7) is 2.41. The van der Waals surface area contributed by atoms with E-state index in [0.717, 1.165) is 6.26 Å². The predicted octanol–water partition coefficient (Wildman–Crippen LogP) is 1.91. The highest BCUT2D eigenvalue weighted by Crippen LogP contribution is 2.17. The van der Waals surface area contributed by atoms with Gasteiger partial charge in [0.1, 0.15) is 6.26 Å². The Morgan fingerprint density at radius 3 is 2.94 bits per heavy atom. The lowest BCUT2D eigenvalue weighted by Gasteiger charge is -2.03. The van der Waals surface area contributed by atoms with E-state index in [-0.39, 0.29) is 11.7 Å². The predicted molar refractivity (Wildman–Crippen MR) is 62.2 cm³/mol. The smallest absolute Gasteiger partial charge is 0.357 e. The average Bonchev–Trinajstić information content (AvgIpc) is 2.81. The Hall–Kier alpha value is -2.57. The highest BCUT2D eigenvalue weighted by Gasteiger charge is 2.10. The number of carbonyl (C=O) groups is 1. The molecule has 0 aromatic carbocycles. The number of ether oxygens (including phenoxy) is 1. The van der Waals surface area contributed by atoms with E-state index in [1.807, 2.05) is 6.92 Å². The molecule has 2 heterocycles. The first-order valence-electron chi connectivity index (χ1n) is 5.23. The van der Waals surface area contributed by atoms with E-state index < -0.39 is 5.97 Å². The molecule has 0 aliphatic heterocycles. The molecule has 0 atom stereocenters. The Bertz CT molecular complexity index is 535. The summed E-state index contributed by atoms with van der Waals surface area (Å²) in [6.07, 6.45) is 2.60. The van der Waals surface area contributed by atoms with Crippen molar-refractivity contribution < 1.29 is 19.1 Å². The fraction of sp³-hybridized carbons (Fsp3) is 0.182. The van der Waals surface area contributed by atoms with Gasteiger partial charge in [-0.15, -0.1) is 0 Å². The largest absolute Gasteiger partial charge is 0.478 e. The fourth-order valence-electron chi connectivity index (χ4n) is 1.24. The molecule has 2 N–H and O–H groups in total. The Balaban J connectivity index is 2.06. The van der Waals surface area contributed by atoms with Crippen LogP contribution in [0, 0.1) is 0 Å². The fourth-order valence-corrected chi connectivity index (χ4v) is 1.24. The van der Waals surface area contributed by atoms with Crippen LogP contribution in [0.2, 0.25) is 0 Å². The van der Waals surface area contributed by atoms with Crippen LogP contribution < -0.4 is 10.1 Å². The molecule has 2 aromatic rings. The minimum absolute atomic E-state index is 0.0957. The minimum Gasteiger partial charge on any atom is -0.478 e. The molecule has 18 heavy (non-hydrogen) atoms. The molecule has 7 heteroatoms. The van der Waals surface area contributed by atoms with Crippen molar-refractivity contribution in [3.63, 3.8) is 0 Å². The SMILES string of the molecule is CCOc1ccc(Nc2nc(C(=O)O)co2)cn1. The zero-order valence-corrected chi connectivity index (χ0v) is 9.58.